The number of hydrogen-bond donors (Lipinski definition) is 2. The number of pyridine rings is 3. The monoisotopic (exact) mass is 458 g/mol. The Morgan fingerprint density at radius 2 is 1.75 bits per heavy atom. The summed E-state index contributed by atoms with van der Waals surface area (Å²) >= 11 is 3.99. The summed E-state index contributed by atoms with van der Waals surface area (Å²) in [5.74, 6) is -1.30. The molecule has 0 saturated heterocycles. The van der Waals surface area contributed by atoms with Crippen LogP contribution in [0.1, 0.15) is 0 Å². The molecular formula is C22H17F3N4O2S. The van der Waals surface area contributed by atoms with Crippen LogP contribution in [-0.4, -0.2) is 27.1 Å². The van der Waals surface area contributed by atoms with Crippen molar-refractivity contribution in [1.29, 1.82) is 0 Å². The molecule has 4 aromatic rings. The van der Waals surface area contributed by atoms with Gasteiger partial charge < -0.3 is 14.6 Å². The standard InChI is InChI=1S/C22H17F3N4O2S/c23-14-4-5-19(27-11-14)28-20-9-18-13(10-26-20)8-15(21-16(24)2-1-3-17(21)25)22(30)29(18)6-7-31-12-32/h1-5,8-11,32H,6-7,12H2,(H,26,27,28). The van der Waals surface area contributed by atoms with Gasteiger partial charge in [0, 0.05) is 24.2 Å². The summed E-state index contributed by atoms with van der Waals surface area (Å²) in [6, 6.07) is 9.12. The maximum atomic E-state index is 14.4. The fourth-order valence-electron chi connectivity index (χ4n) is 3.30. The number of thiol groups is 1. The molecule has 0 aliphatic rings. The Morgan fingerprint density at radius 3 is 2.44 bits per heavy atom. The van der Waals surface area contributed by atoms with E-state index < -0.39 is 28.6 Å². The summed E-state index contributed by atoms with van der Waals surface area (Å²) in [5.41, 5.74) is -0.637. The van der Waals surface area contributed by atoms with Gasteiger partial charge in [-0.1, -0.05) is 6.07 Å². The number of nitrogens with zero attached hydrogens (tertiary/aromatic N) is 3. The first-order valence-corrected chi connectivity index (χ1v) is 10.2. The van der Waals surface area contributed by atoms with Crippen LogP contribution in [0.15, 0.2) is 59.7 Å². The number of fused-ring (bicyclic) bond motifs is 1. The van der Waals surface area contributed by atoms with Crippen molar-refractivity contribution >= 4 is 35.2 Å². The van der Waals surface area contributed by atoms with Gasteiger partial charge in [-0.3, -0.25) is 4.79 Å². The number of anilines is 2. The molecule has 0 spiro atoms. The molecule has 0 radical (unpaired) electrons. The topological polar surface area (TPSA) is 69.0 Å². The van der Waals surface area contributed by atoms with Crippen LogP contribution in [0.4, 0.5) is 24.8 Å². The van der Waals surface area contributed by atoms with Crippen LogP contribution in [0, 0.1) is 17.5 Å². The Labute approximate surface area is 186 Å². The lowest BCUT2D eigenvalue weighted by molar-refractivity contribution is 0.173. The van der Waals surface area contributed by atoms with E-state index in [1.165, 1.54) is 35.0 Å². The zero-order valence-electron chi connectivity index (χ0n) is 16.6. The van der Waals surface area contributed by atoms with Crippen molar-refractivity contribution in [1.82, 2.24) is 14.5 Å². The molecule has 0 atom stereocenters. The van der Waals surface area contributed by atoms with Gasteiger partial charge in [0.05, 0.1) is 35.4 Å². The molecule has 3 heterocycles. The predicted molar refractivity (Wildman–Crippen MR) is 119 cm³/mol. The number of ether oxygens (including phenoxy) is 1. The SMILES string of the molecule is O=c1c(-c2c(F)cccc2F)cc2cnc(Nc3ccc(F)cn3)cc2n1CCOCS. The van der Waals surface area contributed by atoms with Gasteiger partial charge >= 0.3 is 0 Å². The maximum absolute atomic E-state index is 14.4. The van der Waals surface area contributed by atoms with Crippen LogP contribution in [0.2, 0.25) is 0 Å². The first-order chi connectivity index (χ1) is 15.5. The van der Waals surface area contributed by atoms with E-state index in [1.807, 2.05) is 0 Å². The third kappa shape index (κ3) is 4.46. The third-order valence-corrected chi connectivity index (χ3v) is 4.93. The predicted octanol–water partition coefficient (Wildman–Crippen LogP) is 4.52. The Bertz CT molecular complexity index is 1310. The highest BCUT2D eigenvalue weighted by Gasteiger charge is 2.18. The molecule has 6 nitrogen and oxygen atoms in total. The van der Waals surface area contributed by atoms with Crippen LogP contribution in [0.25, 0.3) is 22.0 Å². The minimum Gasteiger partial charge on any atom is -0.369 e. The molecule has 0 saturated carbocycles. The summed E-state index contributed by atoms with van der Waals surface area (Å²) in [7, 11) is 0. The van der Waals surface area contributed by atoms with E-state index in [9.17, 15) is 18.0 Å². The van der Waals surface area contributed by atoms with Crippen molar-refractivity contribution in [3.63, 3.8) is 0 Å². The fraction of sp³-hybridized carbons (Fsp3) is 0.136. The molecule has 32 heavy (non-hydrogen) atoms. The van der Waals surface area contributed by atoms with Crippen molar-refractivity contribution in [2.24, 2.45) is 0 Å². The molecule has 0 bridgehead atoms. The normalized spacial score (nSPS) is 11.1. The van der Waals surface area contributed by atoms with E-state index in [1.54, 1.807) is 6.07 Å². The quantitative estimate of drug-likeness (QED) is 0.242. The molecule has 0 aliphatic carbocycles. The Balaban J connectivity index is 1.85. The second-order valence-corrected chi connectivity index (χ2v) is 7.02. The van der Waals surface area contributed by atoms with Gasteiger partial charge in [-0.05, 0) is 30.3 Å². The zero-order valence-corrected chi connectivity index (χ0v) is 17.5. The molecule has 10 heteroatoms. The minimum atomic E-state index is -0.840. The lowest BCUT2D eigenvalue weighted by atomic mass is 10.0. The van der Waals surface area contributed by atoms with Crippen LogP contribution < -0.4 is 10.9 Å². The Hall–Kier alpha value is -3.37. The molecule has 164 valence electrons. The van der Waals surface area contributed by atoms with Gasteiger partial charge in [-0.15, -0.1) is 0 Å². The second-order valence-electron chi connectivity index (χ2n) is 6.76. The molecule has 4 rings (SSSR count). The van der Waals surface area contributed by atoms with E-state index in [0.29, 0.717) is 22.5 Å². The van der Waals surface area contributed by atoms with Crippen molar-refractivity contribution < 1.29 is 17.9 Å². The number of nitrogens with one attached hydrogen (secondary N) is 1. The van der Waals surface area contributed by atoms with E-state index in [-0.39, 0.29) is 24.7 Å². The summed E-state index contributed by atoms with van der Waals surface area (Å²) in [6.07, 6.45) is 2.53. The van der Waals surface area contributed by atoms with Gasteiger partial charge in [-0.25, -0.2) is 23.1 Å². The molecular weight excluding hydrogens is 441 g/mol. The Morgan fingerprint density at radius 1 is 1.00 bits per heavy atom. The van der Waals surface area contributed by atoms with Crippen LogP contribution in [0.3, 0.4) is 0 Å². The molecule has 3 aromatic heterocycles. The van der Waals surface area contributed by atoms with E-state index >= 15 is 0 Å². The van der Waals surface area contributed by atoms with Crippen molar-refractivity contribution in [3.05, 3.63) is 82.7 Å². The van der Waals surface area contributed by atoms with Crippen LogP contribution in [0.5, 0.6) is 0 Å². The van der Waals surface area contributed by atoms with Gasteiger partial charge in [0.1, 0.15) is 29.1 Å². The largest absolute Gasteiger partial charge is 0.369 e. The Kier molecular flexibility index (Phi) is 6.42. The number of hydrogen-bond acceptors (Lipinski definition) is 6. The highest BCUT2D eigenvalue weighted by atomic mass is 32.1. The van der Waals surface area contributed by atoms with Crippen molar-refractivity contribution in [2.45, 2.75) is 6.54 Å². The maximum Gasteiger partial charge on any atom is 0.259 e. The molecule has 1 N–H and O–H groups in total. The molecule has 0 unspecified atom stereocenters. The average Bonchev–Trinajstić information content (AvgIpc) is 2.77. The zero-order chi connectivity index (χ0) is 22.7. The smallest absolute Gasteiger partial charge is 0.259 e. The highest BCUT2D eigenvalue weighted by Crippen LogP contribution is 2.27. The van der Waals surface area contributed by atoms with E-state index in [2.05, 4.69) is 27.9 Å². The summed E-state index contributed by atoms with van der Waals surface area (Å²) < 4.78 is 48.5. The number of halogens is 3. The van der Waals surface area contributed by atoms with Crippen LogP contribution in [-0.2, 0) is 11.3 Å². The molecule has 0 fully saturated rings. The molecule has 1 aromatic carbocycles. The van der Waals surface area contributed by atoms with Gasteiger partial charge in [0.2, 0.25) is 0 Å². The second kappa shape index (κ2) is 9.41. The minimum absolute atomic E-state index is 0.123. The van der Waals surface area contributed by atoms with E-state index in [4.69, 9.17) is 4.74 Å². The van der Waals surface area contributed by atoms with Gasteiger partial charge in [0.15, 0.2) is 0 Å². The number of benzene rings is 1. The van der Waals surface area contributed by atoms with Crippen molar-refractivity contribution in [3.8, 4) is 11.1 Å². The van der Waals surface area contributed by atoms with Gasteiger partial charge in [-0.2, -0.15) is 12.6 Å². The molecule has 0 aliphatic heterocycles. The van der Waals surface area contributed by atoms with Gasteiger partial charge in [0.25, 0.3) is 5.56 Å². The average molecular weight is 458 g/mol. The summed E-state index contributed by atoms with van der Waals surface area (Å²) in [5, 5.41) is 3.43. The lowest BCUT2D eigenvalue weighted by Gasteiger charge is -2.15. The third-order valence-electron chi connectivity index (χ3n) is 4.74. The molecule has 0 amide bonds. The first-order valence-electron chi connectivity index (χ1n) is 9.53. The van der Waals surface area contributed by atoms with E-state index in [0.717, 1.165) is 18.3 Å². The number of aromatic nitrogens is 3. The first kappa shape index (κ1) is 21.8. The van der Waals surface area contributed by atoms with Crippen molar-refractivity contribution in [2.75, 3.05) is 17.9 Å². The summed E-state index contributed by atoms with van der Waals surface area (Å²) in [4.78, 5) is 21.5. The fourth-order valence-corrected chi connectivity index (χ4v) is 3.43. The highest BCUT2D eigenvalue weighted by molar-refractivity contribution is 7.80. The summed E-state index contributed by atoms with van der Waals surface area (Å²) in [6.45, 7) is 0.282. The lowest BCUT2D eigenvalue weighted by Crippen LogP contribution is -2.25. The van der Waals surface area contributed by atoms with Crippen LogP contribution >= 0.6 is 12.6 Å². The number of rotatable bonds is 7.